The first-order valence-electron chi connectivity index (χ1n) is 7.87. The van der Waals surface area contributed by atoms with Crippen molar-refractivity contribution in [2.24, 2.45) is 0 Å². The molecule has 2 aromatic rings. The van der Waals surface area contributed by atoms with E-state index in [4.69, 9.17) is 4.84 Å². The molecule has 0 saturated carbocycles. The fraction of sp³-hybridized carbons (Fsp3) is 0.368. The molecule has 0 spiro atoms. The van der Waals surface area contributed by atoms with Crippen molar-refractivity contribution in [3.05, 3.63) is 71.3 Å². The van der Waals surface area contributed by atoms with Crippen LogP contribution in [0.25, 0.3) is 0 Å². The van der Waals surface area contributed by atoms with E-state index in [-0.39, 0.29) is 6.10 Å². The molecule has 2 heteroatoms. The Morgan fingerprint density at radius 3 is 2.24 bits per heavy atom. The zero-order valence-corrected chi connectivity index (χ0v) is 12.7. The molecule has 1 atom stereocenters. The van der Waals surface area contributed by atoms with Gasteiger partial charge in [-0.25, -0.2) is 0 Å². The first kappa shape index (κ1) is 14.3. The lowest BCUT2D eigenvalue weighted by Gasteiger charge is -2.31. The third kappa shape index (κ3) is 3.52. The van der Waals surface area contributed by atoms with Gasteiger partial charge in [-0.15, -0.1) is 0 Å². The Bertz CT molecular complexity index is 561. The Morgan fingerprint density at radius 2 is 1.52 bits per heavy atom. The van der Waals surface area contributed by atoms with Crippen LogP contribution < -0.4 is 0 Å². The summed E-state index contributed by atoms with van der Waals surface area (Å²) in [6.07, 6.45) is 3.77. The summed E-state index contributed by atoms with van der Waals surface area (Å²) in [7, 11) is 0. The molecule has 0 N–H and O–H groups in total. The van der Waals surface area contributed by atoms with Gasteiger partial charge in [-0.3, -0.25) is 4.84 Å². The van der Waals surface area contributed by atoms with Gasteiger partial charge < -0.3 is 0 Å². The molecule has 1 unspecified atom stereocenters. The minimum atomic E-state index is -0.00880. The fourth-order valence-electron chi connectivity index (χ4n) is 2.93. The van der Waals surface area contributed by atoms with Crippen LogP contribution in [0.3, 0.4) is 0 Å². The van der Waals surface area contributed by atoms with Gasteiger partial charge in [0.2, 0.25) is 0 Å². The predicted molar refractivity (Wildman–Crippen MR) is 86.0 cm³/mol. The van der Waals surface area contributed by atoms with Gasteiger partial charge in [0.1, 0.15) is 6.10 Å². The summed E-state index contributed by atoms with van der Waals surface area (Å²) < 4.78 is 0. The Kier molecular flexibility index (Phi) is 4.69. The van der Waals surface area contributed by atoms with Crippen LogP contribution in [0, 0.1) is 6.92 Å². The van der Waals surface area contributed by atoms with Crippen LogP contribution in [-0.2, 0) is 4.84 Å². The van der Waals surface area contributed by atoms with Crippen LogP contribution in [0.5, 0.6) is 0 Å². The molecule has 21 heavy (non-hydrogen) atoms. The van der Waals surface area contributed by atoms with E-state index >= 15 is 0 Å². The number of aryl methyl sites for hydroxylation is 1. The number of piperidine rings is 1. The van der Waals surface area contributed by atoms with E-state index in [0.717, 1.165) is 13.1 Å². The molecule has 110 valence electrons. The number of hydrogen-bond acceptors (Lipinski definition) is 2. The molecule has 1 heterocycles. The fourth-order valence-corrected chi connectivity index (χ4v) is 2.93. The molecule has 2 nitrogen and oxygen atoms in total. The molecule has 3 rings (SSSR count). The van der Waals surface area contributed by atoms with Gasteiger partial charge in [-0.2, -0.15) is 5.06 Å². The number of hydrogen-bond donors (Lipinski definition) is 0. The highest BCUT2D eigenvalue weighted by atomic mass is 16.7. The van der Waals surface area contributed by atoms with Gasteiger partial charge in [0.05, 0.1) is 0 Å². The number of nitrogens with zero attached hydrogens (tertiary/aromatic N) is 1. The van der Waals surface area contributed by atoms with E-state index in [9.17, 15) is 0 Å². The van der Waals surface area contributed by atoms with Crippen molar-refractivity contribution in [1.29, 1.82) is 0 Å². The maximum absolute atomic E-state index is 6.38. The van der Waals surface area contributed by atoms with Gasteiger partial charge in [-0.05, 0) is 36.5 Å². The second-order valence-electron chi connectivity index (χ2n) is 5.74. The van der Waals surface area contributed by atoms with Crippen molar-refractivity contribution < 1.29 is 4.84 Å². The third-order valence-electron chi connectivity index (χ3n) is 4.14. The molecule has 1 fully saturated rings. The molecular formula is C19H23NO. The molecule has 1 aliphatic heterocycles. The molecular weight excluding hydrogens is 258 g/mol. The van der Waals surface area contributed by atoms with E-state index in [1.54, 1.807) is 0 Å². The maximum atomic E-state index is 6.38. The zero-order chi connectivity index (χ0) is 14.5. The summed E-state index contributed by atoms with van der Waals surface area (Å²) in [5, 5.41) is 2.15. The highest BCUT2D eigenvalue weighted by molar-refractivity contribution is 5.35. The monoisotopic (exact) mass is 281 g/mol. The second-order valence-corrected chi connectivity index (χ2v) is 5.74. The molecule has 0 radical (unpaired) electrons. The van der Waals surface area contributed by atoms with Crippen molar-refractivity contribution in [1.82, 2.24) is 5.06 Å². The Balaban J connectivity index is 1.89. The highest BCUT2D eigenvalue weighted by Gasteiger charge is 2.21. The van der Waals surface area contributed by atoms with Crippen molar-refractivity contribution in [2.45, 2.75) is 32.3 Å². The van der Waals surface area contributed by atoms with Gasteiger partial charge in [0.25, 0.3) is 0 Å². The molecule has 0 bridgehead atoms. The van der Waals surface area contributed by atoms with Gasteiger partial charge in [-0.1, -0.05) is 61.0 Å². The van der Waals surface area contributed by atoms with Crippen LogP contribution in [0.2, 0.25) is 0 Å². The quantitative estimate of drug-likeness (QED) is 0.818. The topological polar surface area (TPSA) is 12.5 Å². The maximum Gasteiger partial charge on any atom is 0.130 e. The minimum absolute atomic E-state index is 0.00880. The first-order chi connectivity index (χ1) is 10.3. The third-order valence-corrected chi connectivity index (χ3v) is 4.14. The average Bonchev–Trinajstić information content (AvgIpc) is 2.55. The lowest BCUT2D eigenvalue weighted by atomic mass is 9.97. The van der Waals surface area contributed by atoms with E-state index in [2.05, 4.69) is 66.6 Å². The molecule has 0 amide bonds. The van der Waals surface area contributed by atoms with Gasteiger partial charge in [0, 0.05) is 13.1 Å². The first-order valence-corrected chi connectivity index (χ1v) is 7.87. The smallest absolute Gasteiger partial charge is 0.130 e. The van der Waals surface area contributed by atoms with Crippen LogP contribution in [0.4, 0.5) is 0 Å². The lowest BCUT2D eigenvalue weighted by Crippen LogP contribution is -2.32. The van der Waals surface area contributed by atoms with Crippen molar-refractivity contribution in [3.8, 4) is 0 Å². The van der Waals surface area contributed by atoms with Gasteiger partial charge >= 0.3 is 0 Å². The summed E-state index contributed by atoms with van der Waals surface area (Å²) in [6, 6.07) is 19.0. The van der Waals surface area contributed by atoms with E-state index in [1.165, 1.54) is 36.0 Å². The Labute approximate surface area is 127 Å². The van der Waals surface area contributed by atoms with Crippen LogP contribution in [0.1, 0.15) is 42.1 Å². The van der Waals surface area contributed by atoms with Crippen molar-refractivity contribution in [2.75, 3.05) is 13.1 Å². The molecule has 2 aromatic carbocycles. The average molecular weight is 281 g/mol. The van der Waals surface area contributed by atoms with E-state index in [0.29, 0.717) is 0 Å². The summed E-state index contributed by atoms with van der Waals surface area (Å²) in [4.78, 5) is 6.38. The molecule has 0 aliphatic carbocycles. The summed E-state index contributed by atoms with van der Waals surface area (Å²) in [6.45, 7) is 4.23. The highest BCUT2D eigenvalue weighted by Crippen LogP contribution is 2.30. The van der Waals surface area contributed by atoms with Crippen LogP contribution in [0.15, 0.2) is 54.6 Å². The molecule has 1 saturated heterocycles. The lowest BCUT2D eigenvalue weighted by molar-refractivity contribution is -0.196. The predicted octanol–water partition coefficient (Wildman–Crippen LogP) is 4.50. The zero-order valence-electron chi connectivity index (χ0n) is 12.7. The summed E-state index contributed by atoms with van der Waals surface area (Å²) in [5.41, 5.74) is 3.76. The number of rotatable bonds is 4. The summed E-state index contributed by atoms with van der Waals surface area (Å²) >= 11 is 0. The Morgan fingerprint density at radius 1 is 0.857 bits per heavy atom. The molecule has 0 aromatic heterocycles. The van der Waals surface area contributed by atoms with Gasteiger partial charge in [0.15, 0.2) is 0 Å². The van der Waals surface area contributed by atoms with Crippen LogP contribution >= 0.6 is 0 Å². The van der Waals surface area contributed by atoms with Crippen LogP contribution in [-0.4, -0.2) is 18.2 Å². The largest absolute Gasteiger partial charge is 0.286 e. The summed E-state index contributed by atoms with van der Waals surface area (Å²) in [5.74, 6) is 0. The SMILES string of the molecule is Cc1ccccc1C(ON1CCCCC1)c1ccccc1. The standard InChI is InChI=1S/C19H23NO/c1-16-10-6-7-13-18(16)19(17-11-4-2-5-12-17)21-20-14-8-3-9-15-20/h2,4-7,10-13,19H,3,8-9,14-15H2,1H3. The van der Waals surface area contributed by atoms with E-state index < -0.39 is 0 Å². The Hall–Kier alpha value is -1.64. The molecule has 1 aliphatic rings. The van der Waals surface area contributed by atoms with Crippen molar-refractivity contribution in [3.63, 3.8) is 0 Å². The second kappa shape index (κ2) is 6.88. The number of benzene rings is 2. The number of hydroxylamine groups is 2. The normalized spacial score (nSPS) is 17.6. The van der Waals surface area contributed by atoms with Crippen molar-refractivity contribution >= 4 is 0 Å². The minimum Gasteiger partial charge on any atom is -0.286 e. The van der Waals surface area contributed by atoms with E-state index in [1.807, 2.05) is 0 Å².